The minimum absolute atomic E-state index is 0.0532. The number of primary amides is 1. The number of carbonyl (C=O) groups is 5. The first-order valence-electron chi connectivity index (χ1n) is 15.6. The molecule has 0 radical (unpaired) electrons. The van der Waals surface area contributed by atoms with Crippen molar-refractivity contribution >= 4 is 40.6 Å². The lowest BCUT2D eigenvalue weighted by Crippen LogP contribution is -2.63. The summed E-state index contributed by atoms with van der Waals surface area (Å²) in [7, 11) is 0. The molecule has 3 amide bonds. The van der Waals surface area contributed by atoms with Crippen molar-refractivity contribution in [1.29, 1.82) is 0 Å². The maximum absolute atomic E-state index is 14.2. The van der Waals surface area contributed by atoms with E-state index in [1.54, 1.807) is 11.6 Å². The van der Waals surface area contributed by atoms with Gasteiger partial charge in [0.2, 0.25) is 23.4 Å². The Hall–Kier alpha value is -2.74. The molecule has 1 aromatic heterocycles. The second-order valence-corrected chi connectivity index (χ2v) is 14.8. The van der Waals surface area contributed by atoms with Crippen LogP contribution in [0.2, 0.25) is 0 Å². The SMILES string of the molecule is CC(C)[C@H](NC(O)N[C@H](C(=O)N1CC[C@H](C(C)C)[C@H]1C(=O)NC(CC1CCC1)C(=O)C(N)=O)C(C)(C)C)C(=O)c1nccs1. The Bertz CT molecular complexity index is 1180. The maximum Gasteiger partial charge on any atom is 0.287 e. The molecule has 1 aromatic rings. The molecular weight excluding hydrogens is 584 g/mol. The Balaban J connectivity index is 1.82. The molecule has 1 saturated carbocycles. The summed E-state index contributed by atoms with van der Waals surface area (Å²) < 4.78 is 0. The van der Waals surface area contributed by atoms with Gasteiger partial charge in [0.15, 0.2) is 11.4 Å². The highest BCUT2D eigenvalue weighted by molar-refractivity contribution is 7.11. The Kier molecular flexibility index (Phi) is 12.2. The first-order chi connectivity index (χ1) is 20.5. The molecule has 246 valence electrons. The van der Waals surface area contributed by atoms with E-state index in [9.17, 15) is 29.1 Å². The number of hydrogen-bond donors (Lipinski definition) is 5. The zero-order valence-corrected chi connectivity index (χ0v) is 27.8. The van der Waals surface area contributed by atoms with Gasteiger partial charge in [-0.15, -0.1) is 11.3 Å². The Morgan fingerprint density at radius 2 is 1.75 bits per heavy atom. The number of hydrogen-bond acceptors (Lipinski definition) is 10. The fourth-order valence-electron chi connectivity index (χ4n) is 6.10. The topological polar surface area (TPSA) is 184 Å². The third-order valence-electron chi connectivity index (χ3n) is 8.89. The Morgan fingerprint density at radius 1 is 1.09 bits per heavy atom. The number of ketones is 2. The smallest absolute Gasteiger partial charge is 0.287 e. The maximum atomic E-state index is 14.2. The van der Waals surface area contributed by atoms with E-state index in [1.807, 2.05) is 48.5 Å². The van der Waals surface area contributed by atoms with E-state index in [2.05, 4.69) is 20.9 Å². The first kappa shape index (κ1) is 35.7. The quantitative estimate of drug-likeness (QED) is 0.109. The zero-order chi connectivity index (χ0) is 32.9. The van der Waals surface area contributed by atoms with Crippen molar-refractivity contribution in [3.05, 3.63) is 16.6 Å². The summed E-state index contributed by atoms with van der Waals surface area (Å²) in [4.78, 5) is 71.3. The molecule has 2 aliphatic rings. The number of Topliss-reactive ketones (excluding diaryl/α,β-unsaturated/α-hetero) is 2. The lowest BCUT2D eigenvalue weighted by Gasteiger charge is -2.39. The van der Waals surface area contributed by atoms with E-state index in [1.165, 1.54) is 16.2 Å². The number of likely N-dealkylation sites (tertiary alicyclic amines) is 1. The van der Waals surface area contributed by atoms with Gasteiger partial charge < -0.3 is 21.1 Å². The number of aliphatic hydroxyl groups excluding tert-OH is 1. The third-order valence-corrected chi connectivity index (χ3v) is 9.68. The summed E-state index contributed by atoms with van der Waals surface area (Å²) in [5.74, 6) is -3.15. The fraction of sp³-hybridized carbons (Fsp3) is 0.742. The van der Waals surface area contributed by atoms with Gasteiger partial charge in [0.05, 0.1) is 18.1 Å². The van der Waals surface area contributed by atoms with E-state index < -0.39 is 53.5 Å². The van der Waals surface area contributed by atoms with Crippen LogP contribution in [0.15, 0.2) is 11.6 Å². The number of rotatable bonds is 15. The van der Waals surface area contributed by atoms with E-state index >= 15 is 0 Å². The lowest BCUT2D eigenvalue weighted by molar-refractivity contribution is -0.145. The molecule has 2 fully saturated rings. The highest BCUT2D eigenvalue weighted by Crippen LogP contribution is 2.34. The molecule has 12 nitrogen and oxygen atoms in total. The van der Waals surface area contributed by atoms with Crippen LogP contribution >= 0.6 is 11.3 Å². The summed E-state index contributed by atoms with van der Waals surface area (Å²) >= 11 is 1.22. The molecule has 0 aromatic carbocycles. The molecule has 2 heterocycles. The molecule has 6 N–H and O–H groups in total. The molecule has 44 heavy (non-hydrogen) atoms. The molecular formula is C31H50N6O6S. The molecule has 13 heteroatoms. The van der Waals surface area contributed by atoms with Crippen LogP contribution in [0.25, 0.3) is 0 Å². The highest BCUT2D eigenvalue weighted by Gasteiger charge is 2.48. The summed E-state index contributed by atoms with van der Waals surface area (Å²) in [6.45, 7) is 13.5. The first-order valence-corrected chi connectivity index (χ1v) is 16.5. The Labute approximate surface area is 264 Å². The zero-order valence-electron chi connectivity index (χ0n) is 27.0. The van der Waals surface area contributed by atoms with Crippen molar-refractivity contribution in [2.75, 3.05) is 6.54 Å². The van der Waals surface area contributed by atoms with E-state index in [4.69, 9.17) is 5.73 Å². The van der Waals surface area contributed by atoms with Crippen molar-refractivity contribution in [1.82, 2.24) is 25.8 Å². The summed E-state index contributed by atoms with van der Waals surface area (Å²) in [6, 6.07) is -3.61. The minimum Gasteiger partial charge on any atom is -0.365 e. The third kappa shape index (κ3) is 8.70. The monoisotopic (exact) mass is 634 g/mol. The van der Waals surface area contributed by atoms with Crippen LogP contribution in [0.4, 0.5) is 0 Å². The van der Waals surface area contributed by atoms with Crippen LogP contribution in [0.5, 0.6) is 0 Å². The van der Waals surface area contributed by atoms with E-state index in [0.717, 1.165) is 19.3 Å². The van der Waals surface area contributed by atoms with Crippen LogP contribution < -0.4 is 21.7 Å². The summed E-state index contributed by atoms with van der Waals surface area (Å²) in [5.41, 5.74) is 4.62. The molecule has 6 atom stereocenters. The predicted molar refractivity (Wildman–Crippen MR) is 167 cm³/mol. The highest BCUT2D eigenvalue weighted by atomic mass is 32.1. The van der Waals surface area contributed by atoms with Crippen LogP contribution in [0.1, 0.15) is 90.4 Å². The van der Waals surface area contributed by atoms with Gasteiger partial charge in [0.1, 0.15) is 6.04 Å². The second kappa shape index (κ2) is 15.0. The standard InChI is InChI=1S/C31H50N6O6S/c1-16(2)19-11-13-37(22(19)27(41)34-20(23(38)26(32)40)15-18-9-8-10-18)29(42)25(31(5,6)7)36-30(43)35-21(17(3)4)24(39)28-33-12-14-44-28/h12,14,16-22,25,30,35-36,43H,8-11,13,15H2,1-7H3,(H2,32,40)(H,34,41)/t19-,20?,21+,22+,25-,30?/m1/s1. The Morgan fingerprint density at radius 3 is 2.23 bits per heavy atom. The number of nitrogens with zero attached hydrogens (tertiary/aromatic N) is 2. The normalized spacial score (nSPS) is 21.9. The van der Waals surface area contributed by atoms with E-state index in [-0.39, 0.29) is 35.4 Å². The van der Waals surface area contributed by atoms with Gasteiger partial charge in [-0.05, 0) is 41.9 Å². The molecule has 3 rings (SSSR count). The van der Waals surface area contributed by atoms with Crippen molar-refractivity contribution in [2.24, 2.45) is 34.8 Å². The van der Waals surface area contributed by atoms with E-state index in [0.29, 0.717) is 24.4 Å². The van der Waals surface area contributed by atoms with Crippen molar-refractivity contribution in [3.63, 3.8) is 0 Å². The average Bonchev–Trinajstić information content (AvgIpc) is 3.60. The van der Waals surface area contributed by atoms with Gasteiger partial charge in [-0.2, -0.15) is 0 Å². The van der Waals surface area contributed by atoms with Gasteiger partial charge >= 0.3 is 0 Å². The number of nitrogens with two attached hydrogens (primary N) is 1. The van der Waals surface area contributed by atoms with Gasteiger partial charge in [0.25, 0.3) is 5.91 Å². The fourth-order valence-corrected chi connectivity index (χ4v) is 6.72. The van der Waals surface area contributed by atoms with Crippen LogP contribution in [-0.4, -0.2) is 81.3 Å². The number of thiazole rings is 1. The second-order valence-electron chi connectivity index (χ2n) is 14.0. The molecule has 0 bridgehead atoms. The van der Waals surface area contributed by atoms with Gasteiger partial charge in [0, 0.05) is 18.1 Å². The molecule has 1 aliphatic carbocycles. The number of amides is 3. The summed E-state index contributed by atoms with van der Waals surface area (Å²) in [6.07, 6.45) is 3.91. The lowest BCUT2D eigenvalue weighted by atomic mass is 9.80. The van der Waals surface area contributed by atoms with Crippen LogP contribution in [-0.2, 0) is 19.2 Å². The number of nitrogens with one attached hydrogen (secondary N) is 3. The van der Waals surface area contributed by atoms with Gasteiger partial charge in [-0.25, -0.2) is 4.98 Å². The molecule has 2 unspecified atom stereocenters. The predicted octanol–water partition coefficient (Wildman–Crippen LogP) is 1.82. The summed E-state index contributed by atoms with van der Waals surface area (Å²) in [5, 5.41) is 21.8. The average molecular weight is 635 g/mol. The molecule has 1 aliphatic heterocycles. The van der Waals surface area contributed by atoms with Gasteiger partial charge in [-0.1, -0.05) is 67.7 Å². The number of carbonyl (C=O) groups excluding carboxylic acids is 5. The van der Waals surface area contributed by atoms with Gasteiger partial charge in [-0.3, -0.25) is 34.6 Å². The van der Waals surface area contributed by atoms with Crippen LogP contribution in [0, 0.1) is 29.1 Å². The number of aliphatic hydroxyl groups is 1. The largest absolute Gasteiger partial charge is 0.365 e. The van der Waals surface area contributed by atoms with Crippen molar-refractivity contribution in [2.45, 2.75) is 111 Å². The van der Waals surface area contributed by atoms with Crippen molar-refractivity contribution < 1.29 is 29.1 Å². The van der Waals surface area contributed by atoms with Crippen LogP contribution in [0.3, 0.4) is 0 Å². The molecule has 0 spiro atoms. The minimum atomic E-state index is -1.42. The van der Waals surface area contributed by atoms with Crippen molar-refractivity contribution in [3.8, 4) is 0 Å². The molecule has 1 saturated heterocycles. The number of aromatic nitrogens is 1.